The summed E-state index contributed by atoms with van der Waals surface area (Å²) in [5, 5.41) is 0. The predicted octanol–water partition coefficient (Wildman–Crippen LogP) is 5.55. The van der Waals surface area contributed by atoms with Crippen LogP contribution in [-0.2, 0) is 0 Å². The first-order valence-electron chi connectivity index (χ1n) is 7.41. The molecule has 18 heavy (non-hydrogen) atoms. The lowest BCUT2D eigenvalue weighted by Crippen LogP contribution is -2.41. The van der Waals surface area contributed by atoms with Gasteiger partial charge >= 0.3 is 0 Å². The van der Waals surface area contributed by atoms with Gasteiger partial charge in [0.15, 0.2) is 0 Å². The first kappa shape index (κ1) is 15.3. The first-order chi connectivity index (χ1) is 8.65. The molecule has 0 saturated heterocycles. The van der Waals surface area contributed by atoms with Gasteiger partial charge in [0.1, 0.15) is 5.75 Å². The topological polar surface area (TPSA) is 9.23 Å². The van der Waals surface area contributed by atoms with Gasteiger partial charge in [-0.3, -0.25) is 0 Å². The van der Waals surface area contributed by atoms with Crippen molar-refractivity contribution in [2.45, 2.75) is 65.1 Å². The summed E-state index contributed by atoms with van der Waals surface area (Å²) in [5.41, 5.74) is 1.30. The highest BCUT2D eigenvalue weighted by atomic mass is 28.4. The number of hydrogen-bond acceptors (Lipinski definition) is 1. The molecule has 0 aliphatic heterocycles. The van der Waals surface area contributed by atoms with Gasteiger partial charge in [-0.1, -0.05) is 57.7 Å². The van der Waals surface area contributed by atoms with Crippen molar-refractivity contribution in [1.29, 1.82) is 0 Å². The number of benzene rings is 1. The average Bonchev–Trinajstić information content (AvgIpc) is 2.33. The number of hydrogen-bond donors (Lipinski definition) is 0. The van der Waals surface area contributed by atoms with Crippen LogP contribution in [0.3, 0.4) is 0 Å². The molecule has 0 amide bonds. The maximum Gasteiger partial charge on any atom is 0.251 e. The molecule has 0 aliphatic carbocycles. The molecule has 0 heterocycles. The zero-order valence-corrected chi connectivity index (χ0v) is 13.5. The van der Waals surface area contributed by atoms with E-state index >= 15 is 0 Å². The third-order valence-corrected chi connectivity index (χ3v) is 8.37. The molecular formula is C16H28OSi. The Balaban J connectivity index is 2.84. The molecule has 2 heteroatoms. The summed E-state index contributed by atoms with van der Waals surface area (Å²) < 4.78 is 6.52. The third kappa shape index (κ3) is 4.49. The van der Waals surface area contributed by atoms with E-state index in [0.717, 1.165) is 5.75 Å². The van der Waals surface area contributed by atoms with E-state index in [4.69, 9.17) is 4.43 Å². The Labute approximate surface area is 114 Å². The summed E-state index contributed by atoms with van der Waals surface area (Å²) >= 11 is 0. The second-order valence-corrected chi connectivity index (χ2v) is 9.42. The summed E-state index contributed by atoms with van der Waals surface area (Å²) in [6.45, 7) is 8.97. The minimum absolute atomic E-state index is 1.09. The SMILES string of the molecule is CCC[Si](CCC)(CCC)Oc1ccc(C)cc1. The van der Waals surface area contributed by atoms with Crippen molar-refractivity contribution in [3.8, 4) is 5.75 Å². The molecule has 0 unspecified atom stereocenters. The van der Waals surface area contributed by atoms with Gasteiger partial charge in [0.05, 0.1) is 0 Å². The largest absolute Gasteiger partial charge is 0.543 e. The molecule has 0 spiro atoms. The standard InChI is InChI=1S/C16H28OSi/c1-5-12-18(13-6-2,14-7-3)17-16-10-8-15(4)9-11-16/h8-11H,5-7,12-14H2,1-4H3. The fourth-order valence-corrected chi connectivity index (χ4v) is 7.18. The Morgan fingerprint density at radius 3 is 1.67 bits per heavy atom. The summed E-state index contributed by atoms with van der Waals surface area (Å²) in [7, 11) is -1.55. The molecule has 1 rings (SSSR count). The summed E-state index contributed by atoms with van der Waals surface area (Å²) in [5.74, 6) is 1.09. The van der Waals surface area contributed by atoms with E-state index in [1.807, 2.05) is 0 Å². The van der Waals surface area contributed by atoms with E-state index in [1.165, 1.54) is 43.0 Å². The molecule has 0 bridgehead atoms. The molecule has 0 atom stereocenters. The van der Waals surface area contributed by atoms with Crippen molar-refractivity contribution < 1.29 is 4.43 Å². The fourth-order valence-electron chi connectivity index (χ4n) is 2.75. The van der Waals surface area contributed by atoms with Crippen LogP contribution in [0.5, 0.6) is 5.75 Å². The summed E-state index contributed by atoms with van der Waals surface area (Å²) in [6, 6.07) is 12.5. The number of rotatable bonds is 8. The molecule has 0 fully saturated rings. The van der Waals surface area contributed by atoms with Crippen molar-refractivity contribution in [2.75, 3.05) is 0 Å². The van der Waals surface area contributed by atoms with Gasteiger partial charge in [-0.05, 0) is 37.2 Å². The smallest absolute Gasteiger partial charge is 0.251 e. The van der Waals surface area contributed by atoms with Gasteiger partial charge in [-0.25, -0.2) is 0 Å². The van der Waals surface area contributed by atoms with Crippen molar-refractivity contribution in [3.63, 3.8) is 0 Å². The van der Waals surface area contributed by atoms with E-state index in [2.05, 4.69) is 52.0 Å². The Bertz CT molecular complexity index is 314. The van der Waals surface area contributed by atoms with Crippen LogP contribution in [0.4, 0.5) is 0 Å². The van der Waals surface area contributed by atoms with Crippen LogP contribution < -0.4 is 4.43 Å². The van der Waals surface area contributed by atoms with Crippen LogP contribution in [0.15, 0.2) is 24.3 Å². The van der Waals surface area contributed by atoms with Crippen LogP contribution in [0.1, 0.15) is 45.6 Å². The van der Waals surface area contributed by atoms with Gasteiger partial charge in [0.2, 0.25) is 0 Å². The minimum atomic E-state index is -1.55. The molecule has 102 valence electrons. The molecule has 0 aromatic heterocycles. The van der Waals surface area contributed by atoms with Crippen LogP contribution in [-0.4, -0.2) is 8.32 Å². The Hall–Kier alpha value is -0.763. The average molecular weight is 264 g/mol. The summed E-state index contributed by atoms with van der Waals surface area (Å²) in [4.78, 5) is 0. The summed E-state index contributed by atoms with van der Waals surface area (Å²) in [6.07, 6.45) is 3.74. The Morgan fingerprint density at radius 2 is 1.28 bits per heavy atom. The molecule has 0 aliphatic rings. The van der Waals surface area contributed by atoms with Crippen LogP contribution in [0.25, 0.3) is 0 Å². The second-order valence-electron chi connectivity index (χ2n) is 5.35. The Kier molecular flexibility index (Phi) is 6.48. The molecule has 0 radical (unpaired) electrons. The highest BCUT2D eigenvalue weighted by Gasteiger charge is 2.34. The lowest BCUT2D eigenvalue weighted by molar-refractivity contribution is 0.518. The highest BCUT2D eigenvalue weighted by Crippen LogP contribution is 2.29. The molecule has 0 saturated carbocycles. The predicted molar refractivity (Wildman–Crippen MR) is 82.9 cm³/mol. The van der Waals surface area contributed by atoms with Crippen LogP contribution in [0, 0.1) is 6.92 Å². The van der Waals surface area contributed by atoms with Gasteiger partial charge in [0.25, 0.3) is 8.32 Å². The van der Waals surface area contributed by atoms with Gasteiger partial charge in [0, 0.05) is 0 Å². The van der Waals surface area contributed by atoms with Crippen LogP contribution >= 0.6 is 0 Å². The van der Waals surface area contributed by atoms with Crippen molar-refractivity contribution >= 4 is 8.32 Å². The van der Waals surface area contributed by atoms with Gasteiger partial charge in [-0.2, -0.15) is 0 Å². The van der Waals surface area contributed by atoms with Crippen molar-refractivity contribution in [2.24, 2.45) is 0 Å². The van der Waals surface area contributed by atoms with E-state index < -0.39 is 8.32 Å². The molecule has 1 aromatic carbocycles. The lowest BCUT2D eigenvalue weighted by atomic mass is 10.2. The quantitative estimate of drug-likeness (QED) is 0.559. The zero-order chi connectivity index (χ0) is 13.4. The maximum absolute atomic E-state index is 6.52. The van der Waals surface area contributed by atoms with Crippen LogP contribution in [0.2, 0.25) is 18.1 Å². The van der Waals surface area contributed by atoms with E-state index in [0.29, 0.717) is 0 Å². The van der Waals surface area contributed by atoms with E-state index in [1.54, 1.807) is 0 Å². The molecule has 1 aromatic rings. The van der Waals surface area contributed by atoms with Gasteiger partial charge in [-0.15, -0.1) is 0 Å². The Morgan fingerprint density at radius 1 is 0.833 bits per heavy atom. The monoisotopic (exact) mass is 264 g/mol. The highest BCUT2D eigenvalue weighted by molar-refractivity contribution is 6.74. The van der Waals surface area contributed by atoms with Gasteiger partial charge < -0.3 is 4.43 Å². The molecule has 0 N–H and O–H groups in total. The molecule has 1 nitrogen and oxygen atoms in total. The van der Waals surface area contributed by atoms with E-state index in [9.17, 15) is 0 Å². The fraction of sp³-hybridized carbons (Fsp3) is 0.625. The second kappa shape index (κ2) is 7.62. The van der Waals surface area contributed by atoms with E-state index in [-0.39, 0.29) is 0 Å². The third-order valence-electron chi connectivity index (χ3n) is 3.47. The van der Waals surface area contributed by atoms with Crippen molar-refractivity contribution in [1.82, 2.24) is 0 Å². The van der Waals surface area contributed by atoms with Crippen molar-refractivity contribution in [3.05, 3.63) is 29.8 Å². The maximum atomic E-state index is 6.52. The normalized spacial score (nSPS) is 11.6. The first-order valence-corrected chi connectivity index (χ1v) is 9.94. The number of aryl methyl sites for hydroxylation is 1. The lowest BCUT2D eigenvalue weighted by Gasteiger charge is -2.31. The zero-order valence-electron chi connectivity index (χ0n) is 12.5. The minimum Gasteiger partial charge on any atom is -0.543 e. The molecular weight excluding hydrogens is 236 g/mol.